The highest BCUT2D eigenvalue weighted by Crippen LogP contribution is 2.44. The Balaban J connectivity index is 1.25. The summed E-state index contributed by atoms with van der Waals surface area (Å²) >= 11 is 0. The number of benzene rings is 3. The first-order valence-electron chi connectivity index (χ1n) is 11.3. The number of carboxylic acid groups (broad SMARTS) is 1. The predicted octanol–water partition coefficient (Wildman–Crippen LogP) is 4.92. The Bertz CT molecular complexity index is 1290. The Kier molecular flexibility index (Phi) is 5.72. The van der Waals surface area contributed by atoms with Crippen molar-refractivity contribution in [3.05, 3.63) is 89.2 Å². The Hall–Kier alpha value is -4.20. The Labute approximate surface area is 200 Å². The van der Waals surface area contributed by atoms with Crippen LogP contribution in [0.25, 0.3) is 11.1 Å². The SMILES string of the molecule is O=C(O)CC1(NC(=O)c2cc(NC(=O)OCC3c4ccccc4-c4ccccc43)ccc2F)CC1. The monoisotopic (exact) mass is 474 g/mol. The summed E-state index contributed by atoms with van der Waals surface area (Å²) in [5, 5.41) is 14.2. The van der Waals surface area contributed by atoms with Crippen LogP contribution >= 0.6 is 0 Å². The minimum absolute atomic E-state index is 0.105. The molecule has 5 rings (SSSR count). The molecule has 1 fully saturated rings. The molecule has 178 valence electrons. The topological polar surface area (TPSA) is 105 Å². The number of hydrogen-bond donors (Lipinski definition) is 3. The van der Waals surface area contributed by atoms with Gasteiger partial charge in [0.1, 0.15) is 12.4 Å². The third-order valence-electron chi connectivity index (χ3n) is 6.52. The summed E-state index contributed by atoms with van der Waals surface area (Å²) < 4.78 is 19.8. The Morgan fingerprint density at radius 1 is 0.971 bits per heavy atom. The van der Waals surface area contributed by atoms with Crippen molar-refractivity contribution >= 4 is 23.7 Å². The lowest BCUT2D eigenvalue weighted by molar-refractivity contribution is -0.137. The van der Waals surface area contributed by atoms with Gasteiger partial charge < -0.3 is 15.2 Å². The maximum atomic E-state index is 14.3. The molecular weight excluding hydrogens is 451 g/mol. The van der Waals surface area contributed by atoms with E-state index >= 15 is 0 Å². The summed E-state index contributed by atoms with van der Waals surface area (Å²) in [6.07, 6.45) is 0.0848. The molecule has 0 saturated heterocycles. The molecule has 3 N–H and O–H groups in total. The molecule has 0 spiro atoms. The molecule has 2 aliphatic carbocycles. The van der Waals surface area contributed by atoms with E-state index in [4.69, 9.17) is 9.84 Å². The third-order valence-corrected chi connectivity index (χ3v) is 6.52. The van der Waals surface area contributed by atoms with Crippen LogP contribution in [0.5, 0.6) is 0 Å². The molecule has 0 aromatic heterocycles. The molecular formula is C27H23FN2O5. The van der Waals surface area contributed by atoms with Gasteiger partial charge in [0.25, 0.3) is 5.91 Å². The fourth-order valence-corrected chi connectivity index (χ4v) is 4.62. The van der Waals surface area contributed by atoms with Crippen LogP contribution in [0.2, 0.25) is 0 Å². The van der Waals surface area contributed by atoms with Crippen molar-refractivity contribution in [2.75, 3.05) is 11.9 Å². The molecule has 7 nitrogen and oxygen atoms in total. The average Bonchev–Trinajstić information content (AvgIpc) is 3.50. The number of anilines is 1. The summed E-state index contributed by atoms with van der Waals surface area (Å²) in [5.74, 6) is -2.63. The molecule has 1 saturated carbocycles. The lowest BCUT2D eigenvalue weighted by Crippen LogP contribution is -2.39. The van der Waals surface area contributed by atoms with Gasteiger partial charge in [0, 0.05) is 11.6 Å². The number of rotatable bonds is 7. The molecule has 0 unspecified atom stereocenters. The van der Waals surface area contributed by atoms with Gasteiger partial charge in [0.2, 0.25) is 0 Å². The van der Waals surface area contributed by atoms with E-state index in [1.807, 2.05) is 48.5 Å². The zero-order chi connectivity index (χ0) is 24.6. The molecule has 0 bridgehead atoms. The van der Waals surface area contributed by atoms with Crippen LogP contribution in [0, 0.1) is 5.82 Å². The molecule has 2 aliphatic rings. The molecule has 0 aliphatic heterocycles. The van der Waals surface area contributed by atoms with Gasteiger partial charge in [-0.2, -0.15) is 0 Å². The van der Waals surface area contributed by atoms with Crippen molar-refractivity contribution in [1.82, 2.24) is 5.32 Å². The van der Waals surface area contributed by atoms with Crippen LogP contribution in [0.4, 0.5) is 14.9 Å². The molecule has 3 aromatic carbocycles. The second-order valence-corrected chi connectivity index (χ2v) is 8.95. The van der Waals surface area contributed by atoms with Crippen molar-refractivity contribution in [3.8, 4) is 11.1 Å². The summed E-state index contributed by atoms with van der Waals surface area (Å²) in [4.78, 5) is 36.1. The number of amides is 2. The van der Waals surface area contributed by atoms with Crippen molar-refractivity contribution in [2.24, 2.45) is 0 Å². The number of halogens is 1. The highest BCUT2D eigenvalue weighted by Gasteiger charge is 2.46. The van der Waals surface area contributed by atoms with E-state index in [0.717, 1.165) is 28.3 Å². The average molecular weight is 474 g/mol. The van der Waals surface area contributed by atoms with Crippen LogP contribution in [0.3, 0.4) is 0 Å². The number of fused-ring (bicyclic) bond motifs is 3. The third kappa shape index (κ3) is 4.59. The standard InChI is InChI=1S/C27H23FN2O5/c28-23-10-9-16(13-21(23)25(33)30-27(11-12-27)14-24(31)32)29-26(34)35-15-22-19-7-3-1-5-17(19)18-6-2-4-8-20(18)22/h1-10,13,22H,11-12,14-15H2,(H,29,34)(H,30,33)(H,31,32). The molecule has 0 atom stereocenters. The van der Waals surface area contributed by atoms with E-state index in [1.54, 1.807) is 0 Å². The lowest BCUT2D eigenvalue weighted by atomic mass is 9.98. The number of hydrogen-bond acceptors (Lipinski definition) is 4. The van der Waals surface area contributed by atoms with Crippen LogP contribution in [-0.4, -0.2) is 35.2 Å². The number of nitrogens with one attached hydrogen (secondary N) is 2. The summed E-state index contributed by atoms with van der Waals surface area (Å²) in [6.45, 7) is 0.117. The summed E-state index contributed by atoms with van der Waals surface area (Å²) in [7, 11) is 0. The van der Waals surface area contributed by atoms with Gasteiger partial charge in [0.15, 0.2) is 0 Å². The molecule has 2 amide bonds. The van der Waals surface area contributed by atoms with Gasteiger partial charge in [0.05, 0.1) is 17.5 Å². The molecule has 3 aromatic rings. The molecule has 0 heterocycles. The minimum atomic E-state index is -1.03. The van der Waals surface area contributed by atoms with E-state index in [1.165, 1.54) is 12.1 Å². The second kappa shape index (κ2) is 8.87. The van der Waals surface area contributed by atoms with Gasteiger partial charge in [-0.25, -0.2) is 9.18 Å². The van der Waals surface area contributed by atoms with Crippen LogP contribution in [0.1, 0.15) is 46.7 Å². The Morgan fingerprint density at radius 2 is 1.60 bits per heavy atom. The number of ether oxygens (including phenoxy) is 1. The fourth-order valence-electron chi connectivity index (χ4n) is 4.62. The number of carboxylic acids is 1. The molecule has 8 heteroatoms. The lowest BCUT2D eigenvalue weighted by Gasteiger charge is -2.16. The first kappa shape index (κ1) is 22.6. The Morgan fingerprint density at radius 3 is 2.20 bits per heavy atom. The van der Waals surface area contributed by atoms with Crippen molar-refractivity contribution in [1.29, 1.82) is 0 Å². The van der Waals surface area contributed by atoms with Crippen LogP contribution < -0.4 is 10.6 Å². The largest absolute Gasteiger partial charge is 0.481 e. The normalized spacial score (nSPS) is 15.0. The zero-order valence-corrected chi connectivity index (χ0v) is 18.7. The smallest absolute Gasteiger partial charge is 0.411 e. The molecule has 0 radical (unpaired) electrons. The highest BCUT2D eigenvalue weighted by molar-refractivity contribution is 5.97. The van der Waals surface area contributed by atoms with Crippen molar-refractivity contribution in [3.63, 3.8) is 0 Å². The predicted molar refractivity (Wildman–Crippen MR) is 127 cm³/mol. The zero-order valence-electron chi connectivity index (χ0n) is 18.7. The maximum Gasteiger partial charge on any atom is 0.411 e. The molecule has 35 heavy (non-hydrogen) atoms. The quantitative estimate of drug-likeness (QED) is 0.451. The van der Waals surface area contributed by atoms with Crippen molar-refractivity contribution in [2.45, 2.75) is 30.7 Å². The van der Waals surface area contributed by atoms with Gasteiger partial charge in [-0.3, -0.25) is 14.9 Å². The first-order valence-corrected chi connectivity index (χ1v) is 11.3. The fraction of sp³-hybridized carbons (Fsp3) is 0.222. The van der Waals surface area contributed by atoms with E-state index in [2.05, 4.69) is 10.6 Å². The summed E-state index contributed by atoms with van der Waals surface area (Å²) in [6, 6.07) is 19.6. The van der Waals surface area contributed by atoms with E-state index in [0.29, 0.717) is 12.8 Å². The second-order valence-electron chi connectivity index (χ2n) is 8.95. The van der Waals surface area contributed by atoms with Crippen LogP contribution in [0.15, 0.2) is 66.7 Å². The van der Waals surface area contributed by atoms with Gasteiger partial charge in [-0.05, 0) is 53.3 Å². The van der Waals surface area contributed by atoms with Crippen molar-refractivity contribution < 1.29 is 28.6 Å². The van der Waals surface area contributed by atoms with Gasteiger partial charge in [-0.1, -0.05) is 48.5 Å². The number of aliphatic carboxylic acids is 1. The van der Waals surface area contributed by atoms with E-state index in [-0.39, 0.29) is 30.2 Å². The van der Waals surface area contributed by atoms with Crippen LogP contribution in [-0.2, 0) is 9.53 Å². The first-order chi connectivity index (χ1) is 16.8. The minimum Gasteiger partial charge on any atom is -0.481 e. The maximum absolute atomic E-state index is 14.3. The van der Waals surface area contributed by atoms with Gasteiger partial charge >= 0.3 is 12.1 Å². The summed E-state index contributed by atoms with van der Waals surface area (Å²) in [5.41, 5.74) is 3.46. The highest BCUT2D eigenvalue weighted by atomic mass is 19.1. The number of carbonyl (C=O) groups is 3. The van der Waals surface area contributed by atoms with E-state index in [9.17, 15) is 18.8 Å². The van der Waals surface area contributed by atoms with Gasteiger partial charge in [-0.15, -0.1) is 0 Å². The number of carbonyl (C=O) groups excluding carboxylic acids is 2. The van der Waals surface area contributed by atoms with E-state index < -0.39 is 29.3 Å².